The second-order valence-electron chi connectivity index (χ2n) is 7.21. The van der Waals surface area contributed by atoms with E-state index in [9.17, 15) is 9.59 Å². The number of aromatic amines is 1. The first-order valence-corrected chi connectivity index (χ1v) is 9.09. The lowest BCUT2D eigenvalue weighted by atomic mass is 9.90. The zero-order valence-electron chi connectivity index (χ0n) is 15.1. The van der Waals surface area contributed by atoms with Crippen molar-refractivity contribution in [1.29, 1.82) is 0 Å². The van der Waals surface area contributed by atoms with Crippen molar-refractivity contribution >= 4 is 22.5 Å². The molecule has 2 aromatic carbocycles. The van der Waals surface area contributed by atoms with Gasteiger partial charge in [-0.25, -0.2) is 0 Å². The van der Waals surface area contributed by atoms with E-state index < -0.39 is 0 Å². The van der Waals surface area contributed by atoms with E-state index in [0.29, 0.717) is 11.3 Å². The number of hydrogen-bond donors (Lipinski definition) is 2. The summed E-state index contributed by atoms with van der Waals surface area (Å²) in [6.45, 7) is 3.96. The van der Waals surface area contributed by atoms with Gasteiger partial charge in [0, 0.05) is 22.2 Å². The highest BCUT2D eigenvalue weighted by molar-refractivity contribution is 6.05. The van der Waals surface area contributed by atoms with Crippen LogP contribution in [0, 0.1) is 13.8 Å². The van der Waals surface area contributed by atoms with Crippen LogP contribution in [0.1, 0.15) is 45.5 Å². The third-order valence-corrected chi connectivity index (χ3v) is 5.08. The van der Waals surface area contributed by atoms with Gasteiger partial charge in [0.15, 0.2) is 0 Å². The molecule has 4 rings (SSSR count). The maximum atomic E-state index is 12.6. The Hall–Kier alpha value is -2.88. The Kier molecular flexibility index (Phi) is 4.11. The van der Waals surface area contributed by atoms with Gasteiger partial charge in [-0.05, 0) is 69.4 Å². The van der Waals surface area contributed by atoms with Crippen molar-refractivity contribution in [3.8, 4) is 0 Å². The fourth-order valence-electron chi connectivity index (χ4n) is 3.95. The fourth-order valence-corrected chi connectivity index (χ4v) is 3.95. The van der Waals surface area contributed by atoms with Gasteiger partial charge in [-0.1, -0.05) is 23.3 Å². The summed E-state index contributed by atoms with van der Waals surface area (Å²) in [5.74, 6) is -0.142. The summed E-state index contributed by atoms with van der Waals surface area (Å²) in [6, 6.07) is 11.6. The van der Waals surface area contributed by atoms with Crippen molar-refractivity contribution < 1.29 is 4.79 Å². The summed E-state index contributed by atoms with van der Waals surface area (Å²) in [6.07, 6.45) is 4.00. The summed E-state index contributed by atoms with van der Waals surface area (Å²) in [4.78, 5) is 27.9. The lowest BCUT2D eigenvalue weighted by molar-refractivity contribution is 0.102. The van der Waals surface area contributed by atoms with Gasteiger partial charge < -0.3 is 10.3 Å². The highest BCUT2D eigenvalue weighted by Crippen LogP contribution is 2.27. The number of rotatable bonds is 2. The topological polar surface area (TPSA) is 62.0 Å². The molecule has 132 valence electrons. The van der Waals surface area contributed by atoms with Crippen LogP contribution in [0.5, 0.6) is 0 Å². The Labute approximate surface area is 152 Å². The van der Waals surface area contributed by atoms with Crippen molar-refractivity contribution in [2.24, 2.45) is 0 Å². The predicted octanol–water partition coefficient (Wildman–Crippen LogP) is 4.28. The number of benzene rings is 2. The van der Waals surface area contributed by atoms with Gasteiger partial charge in [0.2, 0.25) is 0 Å². The standard InChI is InChI=1S/C22H22N2O2/c1-13-9-14(2)11-15(10-13)21(25)23-16-7-8-18-17-5-3-4-6-19(17)22(26)24-20(18)12-16/h7-12H,3-6H2,1-2H3,(H,23,25)(H,24,26). The molecule has 26 heavy (non-hydrogen) atoms. The first kappa shape index (κ1) is 16.6. The molecule has 0 spiro atoms. The fraction of sp³-hybridized carbons (Fsp3) is 0.273. The first-order chi connectivity index (χ1) is 12.5. The van der Waals surface area contributed by atoms with Crippen LogP contribution in [-0.2, 0) is 12.8 Å². The van der Waals surface area contributed by atoms with E-state index in [1.54, 1.807) is 0 Å². The van der Waals surface area contributed by atoms with E-state index in [1.807, 2.05) is 50.2 Å². The molecule has 1 heterocycles. The molecule has 2 N–H and O–H groups in total. The smallest absolute Gasteiger partial charge is 0.255 e. The maximum Gasteiger partial charge on any atom is 0.255 e. The van der Waals surface area contributed by atoms with E-state index in [4.69, 9.17) is 0 Å². The molecule has 0 bridgehead atoms. The van der Waals surface area contributed by atoms with Crippen molar-refractivity contribution in [3.63, 3.8) is 0 Å². The molecule has 1 aliphatic carbocycles. The molecule has 0 aliphatic heterocycles. The number of amides is 1. The third-order valence-electron chi connectivity index (χ3n) is 5.08. The molecule has 1 aromatic heterocycles. The van der Waals surface area contributed by atoms with Crippen LogP contribution in [0.2, 0.25) is 0 Å². The van der Waals surface area contributed by atoms with Crippen LogP contribution in [0.25, 0.3) is 10.9 Å². The maximum absolute atomic E-state index is 12.6. The van der Waals surface area contributed by atoms with Crippen molar-refractivity contribution in [3.05, 3.63) is 74.6 Å². The Bertz CT molecular complexity index is 1060. The third kappa shape index (κ3) is 3.03. The van der Waals surface area contributed by atoms with E-state index in [0.717, 1.165) is 53.3 Å². The van der Waals surface area contributed by atoms with Crippen LogP contribution in [0.15, 0.2) is 41.2 Å². The van der Waals surface area contributed by atoms with Crippen LogP contribution >= 0.6 is 0 Å². The van der Waals surface area contributed by atoms with Gasteiger partial charge in [-0.3, -0.25) is 9.59 Å². The number of H-pyrrole nitrogens is 1. The van der Waals surface area contributed by atoms with E-state index in [-0.39, 0.29) is 11.5 Å². The van der Waals surface area contributed by atoms with E-state index in [1.165, 1.54) is 5.56 Å². The molecule has 4 heteroatoms. The number of pyridine rings is 1. The molecule has 0 fully saturated rings. The molecular weight excluding hydrogens is 324 g/mol. The molecule has 0 saturated heterocycles. The van der Waals surface area contributed by atoms with Crippen molar-refractivity contribution in [2.45, 2.75) is 39.5 Å². The number of nitrogens with one attached hydrogen (secondary N) is 2. The van der Waals surface area contributed by atoms with Crippen LogP contribution in [-0.4, -0.2) is 10.9 Å². The summed E-state index contributed by atoms with van der Waals surface area (Å²) in [5.41, 5.74) is 6.33. The summed E-state index contributed by atoms with van der Waals surface area (Å²) in [5, 5.41) is 4.03. The molecule has 4 nitrogen and oxygen atoms in total. The highest BCUT2D eigenvalue weighted by atomic mass is 16.1. The largest absolute Gasteiger partial charge is 0.322 e. The Balaban J connectivity index is 1.69. The quantitative estimate of drug-likeness (QED) is 0.728. The number of aryl methyl sites for hydroxylation is 3. The lowest BCUT2D eigenvalue weighted by Crippen LogP contribution is -2.19. The highest BCUT2D eigenvalue weighted by Gasteiger charge is 2.16. The SMILES string of the molecule is Cc1cc(C)cc(C(=O)Nc2ccc3c4c(c(=O)[nH]c3c2)CCCC4)c1. The number of anilines is 1. The number of aromatic nitrogens is 1. The second-order valence-corrected chi connectivity index (χ2v) is 7.21. The number of fused-ring (bicyclic) bond motifs is 3. The van der Waals surface area contributed by atoms with E-state index in [2.05, 4.69) is 10.3 Å². The average molecular weight is 346 g/mol. The Morgan fingerprint density at radius 3 is 2.38 bits per heavy atom. The monoisotopic (exact) mass is 346 g/mol. The van der Waals surface area contributed by atoms with Crippen molar-refractivity contribution in [1.82, 2.24) is 4.98 Å². The second kappa shape index (κ2) is 6.45. The van der Waals surface area contributed by atoms with Gasteiger partial charge in [-0.2, -0.15) is 0 Å². The molecule has 0 saturated carbocycles. The normalized spacial score (nSPS) is 13.5. The summed E-state index contributed by atoms with van der Waals surface area (Å²) in [7, 11) is 0. The first-order valence-electron chi connectivity index (χ1n) is 9.09. The average Bonchev–Trinajstić information content (AvgIpc) is 2.61. The Morgan fingerprint density at radius 1 is 0.962 bits per heavy atom. The van der Waals surface area contributed by atoms with Crippen LogP contribution < -0.4 is 10.9 Å². The van der Waals surface area contributed by atoms with Crippen LogP contribution in [0.3, 0.4) is 0 Å². The number of carbonyl (C=O) groups is 1. The summed E-state index contributed by atoms with van der Waals surface area (Å²) >= 11 is 0. The molecule has 0 radical (unpaired) electrons. The molecule has 3 aromatic rings. The minimum atomic E-state index is -0.142. The zero-order chi connectivity index (χ0) is 18.3. The lowest BCUT2D eigenvalue weighted by Gasteiger charge is -2.17. The number of hydrogen-bond acceptors (Lipinski definition) is 2. The molecule has 1 amide bonds. The van der Waals surface area contributed by atoms with Gasteiger partial charge in [0.05, 0.1) is 5.52 Å². The Morgan fingerprint density at radius 2 is 1.65 bits per heavy atom. The zero-order valence-corrected chi connectivity index (χ0v) is 15.1. The number of carbonyl (C=O) groups excluding carboxylic acids is 1. The van der Waals surface area contributed by atoms with Gasteiger partial charge >= 0.3 is 0 Å². The molecule has 1 aliphatic rings. The van der Waals surface area contributed by atoms with Gasteiger partial charge in [0.25, 0.3) is 11.5 Å². The molecule has 0 unspecified atom stereocenters. The predicted molar refractivity (Wildman–Crippen MR) is 105 cm³/mol. The minimum Gasteiger partial charge on any atom is -0.322 e. The van der Waals surface area contributed by atoms with Crippen molar-refractivity contribution in [2.75, 3.05) is 5.32 Å². The summed E-state index contributed by atoms with van der Waals surface area (Å²) < 4.78 is 0. The molecular formula is C22H22N2O2. The van der Waals surface area contributed by atoms with Gasteiger partial charge in [-0.15, -0.1) is 0 Å². The molecule has 0 atom stereocenters. The van der Waals surface area contributed by atoms with Gasteiger partial charge in [0.1, 0.15) is 0 Å². The minimum absolute atomic E-state index is 0.00462. The van der Waals surface area contributed by atoms with Crippen LogP contribution in [0.4, 0.5) is 5.69 Å². The van der Waals surface area contributed by atoms with E-state index >= 15 is 0 Å².